The fraction of sp³-hybridized carbons (Fsp3) is 1.00. The van der Waals surface area contributed by atoms with Crippen LogP contribution in [0.4, 0.5) is 0 Å². The average molecular weight is 384 g/mol. The smallest absolute Gasteiger partial charge is 0.114 e. The number of rotatable bonds is 4. The zero-order valence-corrected chi connectivity index (χ0v) is 15.5. The monoisotopic (exact) mass is 384 g/mol. The van der Waals surface area contributed by atoms with Gasteiger partial charge in [-0.05, 0) is 13.8 Å². The third-order valence-electron chi connectivity index (χ3n) is 4.66. The Bertz CT molecular complexity index is 391. The highest BCUT2D eigenvalue weighted by Gasteiger charge is 2.43. The number of hydrogen-bond acceptors (Lipinski definition) is 10. The first-order chi connectivity index (χ1) is 12.2. The van der Waals surface area contributed by atoms with E-state index in [0.29, 0.717) is 0 Å². The zero-order valence-electron chi connectivity index (χ0n) is 15.5. The van der Waals surface area contributed by atoms with E-state index in [-0.39, 0.29) is 13.2 Å². The van der Waals surface area contributed by atoms with Crippen LogP contribution in [-0.2, 0) is 18.9 Å². The van der Waals surface area contributed by atoms with Gasteiger partial charge in [0, 0.05) is 14.2 Å². The van der Waals surface area contributed by atoms with Gasteiger partial charge in [0.25, 0.3) is 0 Å². The lowest BCUT2D eigenvalue weighted by molar-refractivity contribution is -0.231. The molecule has 10 atom stereocenters. The van der Waals surface area contributed by atoms with Crippen LogP contribution in [0.3, 0.4) is 0 Å². The topological polar surface area (TPSA) is 158 Å². The Hall–Kier alpha value is -0.400. The molecule has 6 N–H and O–H groups in total. The van der Waals surface area contributed by atoms with Gasteiger partial charge in [-0.3, -0.25) is 0 Å². The molecule has 0 radical (unpaired) electrons. The zero-order chi connectivity index (χ0) is 20.0. The van der Waals surface area contributed by atoms with Gasteiger partial charge in [0.15, 0.2) is 0 Å². The van der Waals surface area contributed by atoms with Crippen molar-refractivity contribution in [3.8, 4) is 0 Å². The van der Waals surface area contributed by atoms with Crippen molar-refractivity contribution in [2.24, 2.45) is 0 Å². The number of aliphatic hydroxyl groups excluding tert-OH is 6. The molecule has 2 heterocycles. The van der Waals surface area contributed by atoms with Crippen molar-refractivity contribution < 1.29 is 49.6 Å². The van der Waals surface area contributed by atoms with Crippen molar-refractivity contribution >= 4 is 0 Å². The van der Waals surface area contributed by atoms with Crippen LogP contribution in [0.25, 0.3) is 0 Å². The summed E-state index contributed by atoms with van der Waals surface area (Å²) < 4.78 is 20.2. The minimum Gasteiger partial charge on any atom is -0.394 e. The lowest BCUT2D eigenvalue weighted by Gasteiger charge is -2.40. The van der Waals surface area contributed by atoms with E-state index in [1.165, 1.54) is 14.2 Å². The summed E-state index contributed by atoms with van der Waals surface area (Å²) in [6.45, 7) is 3.26. The minimum atomic E-state index is -1.16. The van der Waals surface area contributed by atoms with Gasteiger partial charge in [-0.1, -0.05) is 0 Å². The Morgan fingerprint density at radius 2 is 1.23 bits per heavy atom. The standard InChI is InChI=1S/2C8H16O5/c1-4-6(10)7(11)8(12-2)5(3-9)13-4;1-4-6(9)8(11)7(10)5(13-4)3-12-2/h2*4-11H,3H2,1-2H3. The molecule has 2 rings (SSSR count). The molecule has 0 aromatic rings. The second-order valence-corrected chi connectivity index (χ2v) is 6.55. The summed E-state index contributed by atoms with van der Waals surface area (Å²) in [7, 11) is 2.89. The summed E-state index contributed by atoms with van der Waals surface area (Å²) in [4.78, 5) is 0. The van der Waals surface area contributed by atoms with Gasteiger partial charge in [0.2, 0.25) is 0 Å². The SMILES string of the molecule is COC1C(CO)OC(C)C(O)C1O.COCC1OC(C)C(O)C(O)C1O. The molecule has 2 aliphatic rings. The second kappa shape index (κ2) is 10.8. The molecule has 10 heteroatoms. The van der Waals surface area contributed by atoms with Crippen LogP contribution >= 0.6 is 0 Å². The van der Waals surface area contributed by atoms with E-state index in [4.69, 9.17) is 24.1 Å². The summed E-state index contributed by atoms with van der Waals surface area (Å²) in [5.74, 6) is 0. The van der Waals surface area contributed by atoms with Gasteiger partial charge >= 0.3 is 0 Å². The van der Waals surface area contributed by atoms with E-state index < -0.39 is 61.0 Å². The van der Waals surface area contributed by atoms with Crippen molar-refractivity contribution in [3.05, 3.63) is 0 Å². The molecule has 10 unspecified atom stereocenters. The van der Waals surface area contributed by atoms with Crippen LogP contribution in [0.5, 0.6) is 0 Å². The van der Waals surface area contributed by atoms with Gasteiger partial charge in [0.05, 0.1) is 25.4 Å². The third kappa shape index (κ3) is 5.55. The molecule has 0 aliphatic carbocycles. The Morgan fingerprint density at radius 1 is 0.731 bits per heavy atom. The number of methoxy groups -OCH3 is 2. The highest BCUT2D eigenvalue weighted by Crippen LogP contribution is 2.22. The molecule has 0 aromatic heterocycles. The average Bonchev–Trinajstić information content (AvgIpc) is 2.62. The Kier molecular flexibility index (Phi) is 9.83. The fourth-order valence-corrected chi connectivity index (χ4v) is 3.00. The predicted octanol–water partition coefficient (Wildman–Crippen LogP) is -2.99. The summed E-state index contributed by atoms with van der Waals surface area (Å²) >= 11 is 0. The summed E-state index contributed by atoms with van der Waals surface area (Å²) in [6, 6.07) is 0. The van der Waals surface area contributed by atoms with E-state index >= 15 is 0 Å². The molecule has 10 nitrogen and oxygen atoms in total. The Balaban J connectivity index is 0.000000260. The van der Waals surface area contributed by atoms with E-state index in [1.54, 1.807) is 13.8 Å². The summed E-state index contributed by atoms with van der Waals surface area (Å²) in [6.07, 6.45) is -8.05. The molecule has 156 valence electrons. The Morgan fingerprint density at radius 3 is 1.69 bits per heavy atom. The largest absolute Gasteiger partial charge is 0.394 e. The predicted molar refractivity (Wildman–Crippen MR) is 88.5 cm³/mol. The third-order valence-corrected chi connectivity index (χ3v) is 4.66. The van der Waals surface area contributed by atoms with E-state index in [1.807, 2.05) is 0 Å². The number of ether oxygens (including phenoxy) is 4. The molecular formula is C16H32O10. The fourth-order valence-electron chi connectivity index (χ4n) is 3.00. The molecule has 0 saturated carbocycles. The normalized spacial score (nSPS) is 46.4. The molecule has 0 bridgehead atoms. The minimum absolute atomic E-state index is 0.204. The maximum Gasteiger partial charge on any atom is 0.114 e. The number of aliphatic hydroxyl groups is 6. The first kappa shape index (κ1) is 23.6. The molecule has 2 aliphatic heterocycles. The summed E-state index contributed by atoms with van der Waals surface area (Å²) in [5.41, 5.74) is 0. The van der Waals surface area contributed by atoms with Crippen LogP contribution in [0.15, 0.2) is 0 Å². The van der Waals surface area contributed by atoms with Crippen molar-refractivity contribution in [1.29, 1.82) is 0 Å². The van der Waals surface area contributed by atoms with Gasteiger partial charge in [-0.15, -0.1) is 0 Å². The second-order valence-electron chi connectivity index (χ2n) is 6.55. The van der Waals surface area contributed by atoms with E-state index in [0.717, 1.165) is 0 Å². The van der Waals surface area contributed by atoms with Crippen LogP contribution in [0.2, 0.25) is 0 Å². The lowest BCUT2D eigenvalue weighted by atomic mass is 9.96. The highest BCUT2D eigenvalue weighted by molar-refractivity contribution is 4.91. The van der Waals surface area contributed by atoms with Crippen LogP contribution < -0.4 is 0 Å². The first-order valence-electron chi connectivity index (χ1n) is 8.53. The first-order valence-corrected chi connectivity index (χ1v) is 8.53. The van der Waals surface area contributed by atoms with Crippen LogP contribution in [0.1, 0.15) is 13.8 Å². The highest BCUT2D eigenvalue weighted by atomic mass is 16.6. The maximum atomic E-state index is 9.54. The van der Waals surface area contributed by atoms with Gasteiger partial charge < -0.3 is 49.6 Å². The molecule has 26 heavy (non-hydrogen) atoms. The molecular weight excluding hydrogens is 352 g/mol. The van der Waals surface area contributed by atoms with Crippen molar-refractivity contribution in [2.45, 2.75) is 74.9 Å². The van der Waals surface area contributed by atoms with Crippen LogP contribution in [-0.4, -0.2) is 119 Å². The maximum absolute atomic E-state index is 9.54. The van der Waals surface area contributed by atoms with Crippen LogP contribution in [0, 0.1) is 0 Å². The Labute approximate surface area is 152 Å². The van der Waals surface area contributed by atoms with Crippen molar-refractivity contribution in [2.75, 3.05) is 27.4 Å². The number of hydrogen-bond donors (Lipinski definition) is 6. The quantitative estimate of drug-likeness (QED) is 0.295. The van der Waals surface area contributed by atoms with Gasteiger partial charge in [-0.25, -0.2) is 0 Å². The molecule has 0 amide bonds. The molecule has 2 saturated heterocycles. The molecule has 0 spiro atoms. The lowest BCUT2D eigenvalue weighted by Crippen LogP contribution is -2.58. The van der Waals surface area contributed by atoms with Crippen molar-refractivity contribution in [3.63, 3.8) is 0 Å². The van der Waals surface area contributed by atoms with Crippen molar-refractivity contribution in [1.82, 2.24) is 0 Å². The summed E-state index contributed by atoms with van der Waals surface area (Å²) in [5, 5.41) is 56.0. The molecule has 0 aromatic carbocycles. The van der Waals surface area contributed by atoms with Gasteiger partial charge in [0.1, 0.15) is 48.8 Å². The van der Waals surface area contributed by atoms with E-state index in [9.17, 15) is 25.5 Å². The molecule has 2 fully saturated rings. The van der Waals surface area contributed by atoms with Gasteiger partial charge in [-0.2, -0.15) is 0 Å². The van der Waals surface area contributed by atoms with E-state index in [2.05, 4.69) is 0 Å².